The second-order valence-corrected chi connectivity index (χ2v) is 25.2. The molecule has 10 atom stereocenters. The maximum absolute atomic E-state index is 15.3. The molecule has 3 aliphatic heterocycles. The van der Waals surface area contributed by atoms with E-state index in [1.54, 1.807) is 0 Å². The van der Waals surface area contributed by atoms with Gasteiger partial charge in [0.1, 0.15) is 11.9 Å². The van der Waals surface area contributed by atoms with E-state index < -0.39 is 34.1 Å². The number of nitrogens with one attached hydrogen (secondary N) is 1. The van der Waals surface area contributed by atoms with Crippen molar-refractivity contribution in [3.8, 4) is 0 Å². The molecule has 4 saturated carbocycles. The quantitative estimate of drug-likeness (QED) is 0.204. The van der Waals surface area contributed by atoms with Crippen LogP contribution in [0.4, 0.5) is 0 Å². The van der Waals surface area contributed by atoms with Crippen molar-refractivity contribution in [1.29, 1.82) is 0 Å². The topological polar surface area (TPSA) is 117 Å². The van der Waals surface area contributed by atoms with Crippen LogP contribution in [0.15, 0.2) is 41.7 Å². The number of ether oxygens (including phenoxy) is 2. The van der Waals surface area contributed by atoms with E-state index in [0.29, 0.717) is 49.8 Å². The van der Waals surface area contributed by atoms with Crippen molar-refractivity contribution in [3.05, 3.63) is 69.6 Å². The maximum Gasteiger partial charge on any atom is 0.160 e. The number of carbonyl (C=O) groups excluding carboxylic acids is 2. The Hall–Kier alpha value is -3.04. The van der Waals surface area contributed by atoms with Crippen LogP contribution in [-0.4, -0.2) is 68.5 Å². The summed E-state index contributed by atoms with van der Waals surface area (Å²) in [5, 5.41) is 25.6. The number of carbonyl (C=O) groups is 2. The molecule has 5 heterocycles. The highest BCUT2D eigenvalue weighted by Crippen LogP contribution is 2.75. The van der Waals surface area contributed by atoms with E-state index in [1.165, 1.54) is 71.0 Å². The fourth-order valence-corrected chi connectivity index (χ4v) is 17.1. The van der Waals surface area contributed by atoms with Crippen LogP contribution in [-0.2, 0) is 38.4 Å². The van der Waals surface area contributed by atoms with E-state index in [4.69, 9.17) is 9.47 Å². The number of ketones is 2. The van der Waals surface area contributed by atoms with E-state index in [9.17, 15) is 15.0 Å². The molecule has 11 rings (SSSR count). The van der Waals surface area contributed by atoms with Gasteiger partial charge in [0.25, 0.3) is 0 Å². The first kappa shape index (κ1) is 44.5. The molecule has 3 N–H and O–H groups in total. The van der Waals surface area contributed by atoms with Crippen molar-refractivity contribution in [2.24, 2.45) is 44.8 Å². The minimum absolute atomic E-state index is 0.0881. The number of benzene rings is 1. The largest absolute Gasteiger partial charge is 0.392 e. The average molecular weight is 887 g/mol. The Balaban J connectivity index is 1.05. The van der Waals surface area contributed by atoms with Crippen LogP contribution in [0.25, 0.3) is 11.0 Å². The molecule has 0 spiro atoms. The third kappa shape index (κ3) is 6.69. The fourth-order valence-electron chi connectivity index (χ4n) is 17.1. The molecule has 2 saturated heterocycles. The number of allylic oxidation sites excluding steroid dienone is 1. The van der Waals surface area contributed by atoms with Crippen LogP contribution in [0.5, 0.6) is 0 Å². The number of epoxide rings is 1. The zero-order valence-electron chi connectivity index (χ0n) is 40.9. The summed E-state index contributed by atoms with van der Waals surface area (Å²) < 4.78 is 14.4. The van der Waals surface area contributed by atoms with Crippen LogP contribution < -0.4 is 0 Å². The van der Waals surface area contributed by atoms with Crippen molar-refractivity contribution in [1.82, 2.24) is 9.55 Å². The first-order valence-electron chi connectivity index (χ1n) is 26.0. The van der Waals surface area contributed by atoms with Crippen LogP contribution in [0.3, 0.4) is 0 Å². The first-order valence-corrected chi connectivity index (χ1v) is 26.0. The smallest absolute Gasteiger partial charge is 0.160 e. The van der Waals surface area contributed by atoms with Gasteiger partial charge < -0.3 is 29.2 Å². The average Bonchev–Trinajstić information content (AvgIpc) is 3.51. The third-order valence-electron chi connectivity index (χ3n) is 20.7. The lowest BCUT2D eigenvalue weighted by Gasteiger charge is -2.70. The first-order chi connectivity index (χ1) is 30.8. The van der Waals surface area contributed by atoms with Gasteiger partial charge in [0.15, 0.2) is 5.78 Å². The molecule has 352 valence electrons. The van der Waals surface area contributed by atoms with Gasteiger partial charge in [-0.2, -0.15) is 0 Å². The summed E-state index contributed by atoms with van der Waals surface area (Å²) in [6.07, 6.45) is 17.8. The van der Waals surface area contributed by atoms with Crippen molar-refractivity contribution in [2.75, 3.05) is 13.2 Å². The lowest BCUT2D eigenvalue weighted by Crippen LogP contribution is -2.67. The molecule has 65 heavy (non-hydrogen) atoms. The molecular weight excluding hydrogens is 809 g/mol. The van der Waals surface area contributed by atoms with Crippen LogP contribution in [0, 0.1) is 44.8 Å². The molecule has 3 aromatic rings. The summed E-state index contributed by atoms with van der Waals surface area (Å²) in [4.78, 5) is 32.8. The van der Waals surface area contributed by atoms with Gasteiger partial charge in [0.2, 0.25) is 0 Å². The summed E-state index contributed by atoms with van der Waals surface area (Å²) in [6.45, 7) is 20.1. The SMILES string of the molecule is CC1(C)O[C@@H]1[C@H](O)C[C@]1(C)CCc2c[nH]c3c(Cc4cc(C5CCCCC5)cc(C5CCOCC5)c4)cn(c23)C[C@@H]2C3=C1C(=O)C[C@]3(C)[C@@]1(C)CC[C@H]3C(C)(C)C(=O)CC[C@@]3(C)[C@H]1[C@@H]2O. The number of aromatic amines is 1. The van der Waals surface area contributed by atoms with E-state index in [1.807, 2.05) is 13.8 Å². The highest BCUT2D eigenvalue weighted by Gasteiger charge is 2.72. The molecule has 1 aromatic carbocycles. The number of aliphatic hydroxyl groups excluding tert-OH is 2. The lowest BCUT2D eigenvalue weighted by molar-refractivity contribution is -0.220. The summed E-state index contributed by atoms with van der Waals surface area (Å²) in [5.41, 5.74) is 8.74. The molecule has 5 aliphatic carbocycles. The Bertz CT molecular complexity index is 2410. The Morgan fingerprint density at radius 3 is 2.25 bits per heavy atom. The molecule has 0 bridgehead atoms. The molecule has 6 fully saturated rings. The van der Waals surface area contributed by atoms with Crippen molar-refractivity contribution < 1.29 is 29.3 Å². The Morgan fingerprint density at radius 1 is 0.862 bits per heavy atom. The van der Waals surface area contributed by atoms with Crippen LogP contribution >= 0.6 is 0 Å². The fraction of sp³-hybridized carbons (Fsp3) is 0.719. The predicted molar refractivity (Wildman–Crippen MR) is 255 cm³/mol. The number of aryl methyl sites for hydroxylation is 1. The molecule has 0 amide bonds. The molecule has 0 unspecified atom stereocenters. The molecule has 8 heteroatoms. The zero-order chi connectivity index (χ0) is 45.6. The summed E-state index contributed by atoms with van der Waals surface area (Å²) in [7, 11) is 0. The van der Waals surface area contributed by atoms with E-state index in [2.05, 4.69) is 81.7 Å². The minimum Gasteiger partial charge on any atom is -0.392 e. The summed E-state index contributed by atoms with van der Waals surface area (Å²) in [6, 6.07) is 7.57. The van der Waals surface area contributed by atoms with Gasteiger partial charge >= 0.3 is 0 Å². The van der Waals surface area contributed by atoms with Gasteiger partial charge in [-0.15, -0.1) is 0 Å². The number of Topliss-reactive ketones (excluding diaryl/α,β-unsaturated/α-hetero) is 2. The number of aromatic nitrogens is 2. The molecule has 8 aliphatic rings. The predicted octanol–water partition coefficient (Wildman–Crippen LogP) is 11.1. The highest BCUT2D eigenvalue weighted by molar-refractivity contribution is 6.02. The van der Waals surface area contributed by atoms with Gasteiger partial charge in [-0.1, -0.05) is 79.0 Å². The Kier molecular flexibility index (Phi) is 10.4. The van der Waals surface area contributed by atoms with E-state index >= 15 is 4.79 Å². The number of rotatable bonds is 7. The van der Waals surface area contributed by atoms with E-state index in [-0.39, 0.29) is 40.5 Å². The summed E-state index contributed by atoms with van der Waals surface area (Å²) >= 11 is 0. The number of aliphatic hydroxyl groups is 2. The number of hydrogen-bond donors (Lipinski definition) is 3. The number of hydrogen-bond acceptors (Lipinski definition) is 6. The van der Waals surface area contributed by atoms with Gasteiger partial charge in [0.05, 0.1) is 28.8 Å². The molecule has 0 radical (unpaired) electrons. The van der Waals surface area contributed by atoms with Gasteiger partial charge in [0, 0.05) is 73.7 Å². The minimum atomic E-state index is -0.713. The molecular formula is C57H78N2O6. The number of H-pyrrole nitrogens is 1. The second kappa shape index (κ2) is 15.2. The lowest BCUT2D eigenvalue weighted by atomic mass is 9.34. The van der Waals surface area contributed by atoms with E-state index in [0.717, 1.165) is 69.3 Å². The van der Waals surface area contributed by atoms with Gasteiger partial charge in [-0.05, 0) is 151 Å². The Labute approximate surface area is 388 Å². The van der Waals surface area contributed by atoms with Crippen LogP contribution in [0.1, 0.15) is 185 Å². The molecule has 2 aromatic heterocycles. The highest BCUT2D eigenvalue weighted by atomic mass is 16.6. The van der Waals surface area contributed by atoms with Crippen molar-refractivity contribution >= 4 is 22.6 Å². The second-order valence-electron chi connectivity index (χ2n) is 25.2. The van der Waals surface area contributed by atoms with Gasteiger partial charge in [-0.3, -0.25) is 9.59 Å². The standard InChI is InChI=1S/C57H78N2O6/c1-52(2)43-15-21-56(7)50(55(43,6)20-16-44(52)62)49(63)40-32-59-31-39(26-33-24-37(34-12-10-9-11-13-34)27-38(25-33)35-17-22-64-23-18-35)47-48(59)36(30-58-47)14-19-54(5,28-42(61)51-53(3,4)65-51)46-41(60)29-57(56,8)45(40)46/h24-25,27,30-31,34-35,40,42-43,49-51,58,61,63H,9-23,26,28-29,32H2,1-8H3/t40-,42-,43+,49-,50-,51-,54+,55-,56+,57+/m1/s1. The maximum atomic E-state index is 15.3. The molecule has 8 nitrogen and oxygen atoms in total. The van der Waals surface area contributed by atoms with Gasteiger partial charge in [-0.25, -0.2) is 0 Å². The number of nitrogens with zero attached hydrogens (tertiary/aromatic N) is 1. The summed E-state index contributed by atoms with van der Waals surface area (Å²) in [5.74, 6) is 1.46. The van der Waals surface area contributed by atoms with Crippen molar-refractivity contribution in [2.45, 2.75) is 200 Å². The normalized spacial score (nSPS) is 38.6. The van der Waals surface area contributed by atoms with Crippen LogP contribution in [0.2, 0.25) is 0 Å². The zero-order valence-corrected chi connectivity index (χ0v) is 40.9. The Morgan fingerprint density at radius 2 is 1.55 bits per heavy atom. The third-order valence-corrected chi connectivity index (χ3v) is 20.7. The number of fused-ring (bicyclic) bond motifs is 4. The monoisotopic (exact) mass is 887 g/mol. The van der Waals surface area contributed by atoms with Crippen molar-refractivity contribution in [3.63, 3.8) is 0 Å².